The Morgan fingerprint density at radius 3 is 2.68 bits per heavy atom. The van der Waals surface area contributed by atoms with Crippen LogP contribution in [0.15, 0.2) is 71.2 Å². The number of Topliss-reactive ketones (excluding diaryl/α,β-unsaturated/α-hetero) is 1. The molecule has 4 rings (SSSR count). The molecule has 0 saturated heterocycles. The first-order valence-electron chi connectivity index (χ1n) is 9.89. The number of rotatable bonds is 3. The lowest BCUT2D eigenvalue weighted by molar-refractivity contribution is -0.137. The van der Waals surface area contributed by atoms with Crippen molar-refractivity contribution in [1.29, 1.82) is 0 Å². The molecule has 0 fully saturated rings. The van der Waals surface area contributed by atoms with Crippen molar-refractivity contribution in [1.82, 2.24) is 10.3 Å². The van der Waals surface area contributed by atoms with E-state index in [-0.39, 0.29) is 17.0 Å². The molecule has 1 aromatic heterocycles. The van der Waals surface area contributed by atoms with E-state index in [2.05, 4.69) is 15.6 Å². The average molecular weight is 427 g/mol. The van der Waals surface area contributed by atoms with Gasteiger partial charge in [0.15, 0.2) is 5.78 Å². The van der Waals surface area contributed by atoms with Crippen molar-refractivity contribution in [3.63, 3.8) is 0 Å². The Morgan fingerprint density at radius 1 is 1.16 bits per heavy atom. The zero-order chi connectivity index (χ0) is 22.2. The zero-order valence-electron chi connectivity index (χ0n) is 16.7. The van der Waals surface area contributed by atoms with E-state index in [1.807, 2.05) is 0 Å². The molecule has 8 heteroatoms. The van der Waals surface area contributed by atoms with Crippen LogP contribution in [0.4, 0.5) is 18.9 Å². The van der Waals surface area contributed by atoms with Crippen molar-refractivity contribution < 1.29 is 22.8 Å². The van der Waals surface area contributed by atoms with Gasteiger partial charge in [0.05, 0.1) is 17.2 Å². The number of hydrogen-bond acceptors (Lipinski definition) is 4. The van der Waals surface area contributed by atoms with Crippen molar-refractivity contribution in [2.45, 2.75) is 38.3 Å². The van der Waals surface area contributed by atoms with E-state index in [9.17, 15) is 22.8 Å². The Bertz CT molecular complexity index is 1100. The maximum Gasteiger partial charge on any atom is 0.416 e. The standard InChI is InChI=1S/C23H20F3N3O2/c1-13-19(22(31)29-15-7-4-6-14(12-15)23(24,25)26)21(16-8-2-3-11-27-16)20-17(28-13)9-5-10-18(20)30/h2-4,6-8,11-12,21,28H,5,9-10H2,1H3,(H,29,31). The van der Waals surface area contributed by atoms with Crippen LogP contribution in [0, 0.1) is 0 Å². The van der Waals surface area contributed by atoms with E-state index in [0.717, 1.165) is 24.3 Å². The molecule has 2 aliphatic rings. The number of allylic oxidation sites excluding steroid dienone is 3. The summed E-state index contributed by atoms with van der Waals surface area (Å²) in [5.74, 6) is -1.32. The lowest BCUT2D eigenvalue weighted by Crippen LogP contribution is -2.35. The van der Waals surface area contributed by atoms with E-state index in [1.165, 1.54) is 12.1 Å². The number of nitrogens with one attached hydrogen (secondary N) is 2. The van der Waals surface area contributed by atoms with Crippen LogP contribution in [-0.4, -0.2) is 16.7 Å². The third-order valence-corrected chi connectivity index (χ3v) is 5.45. The fourth-order valence-corrected chi connectivity index (χ4v) is 4.10. The van der Waals surface area contributed by atoms with Gasteiger partial charge in [-0.3, -0.25) is 14.6 Å². The highest BCUT2D eigenvalue weighted by Gasteiger charge is 2.39. The van der Waals surface area contributed by atoms with E-state index in [0.29, 0.717) is 29.8 Å². The molecule has 160 valence electrons. The second-order valence-electron chi connectivity index (χ2n) is 7.55. The van der Waals surface area contributed by atoms with Gasteiger partial charge in [-0.2, -0.15) is 13.2 Å². The summed E-state index contributed by atoms with van der Waals surface area (Å²) in [6.07, 6.45) is -1.15. The largest absolute Gasteiger partial charge is 0.416 e. The summed E-state index contributed by atoms with van der Waals surface area (Å²) in [5, 5.41) is 5.74. The highest BCUT2D eigenvalue weighted by Crippen LogP contribution is 2.41. The lowest BCUT2D eigenvalue weighted by Gasteiger charge is -2.34. The van der Waals surface area contributed by atoms with Crippen molar-refractivity contribution in [3.8, 4) is 0 Å². The smallest absolute Gasteiger partial charge is 0.362 e. The van der Waals surface area contributed by atoms with E-state index in [4.69, 9.17) is 0 Å². The molecule has 2 N–H and O–H groups in total. The van der Waals surface area contributed by atoms with Gasteiger partial charge in [0.2, 0.25) is 0 Å². The molecule has 1 aromatic carbocycles. The van der Waals surface area contributed by atoms with Gasteiger partial charge in [0.1, 0.15) is 0 Å². The summed E-state index contributed by atoms with van der Waals surface area (Å²) in [6.45, 7) is 1.72. The number of dihydropyridines is 1. The molecule has 31 heavy (non-hydrogen) atoms. The molecule has 2 heterocycles. The normalized spacial score (nSPS) is 19.1. The van der Waals surface area contributed by atoms with E-state index >= 15 is 0 Å². The Hall–Kier alpha value is -3.42. The van der Waals surface area contributed by atoms with Crippen LogP contribution in [0.25, 0.3) is 0 Å². The number of hydrogen-bond donors (Lipinski definition) is 2. The number of amides is 1. The quantitative estimate of drug-likeness (QED) is 0.745. The Labute approximate surface area is 177 Å². The molecule has 5 nitrogen and oxygen atoms in total. The average Bonchev–Trinajstić information content (AvgIpc) is 2.73. The predicted molar refractivity (Wildman–Crippen MR) is 109 cm³/mol. The molecule has 1 aliphatic carbocycles. The zero-order valence-corrected chi connectivity index (χ0v) is 16.7. The predicted octanol–water partition coefficient (Wildman–Crippen LogP) is 4.71. The number of carbonyl (C=O) groups excluding carboxylic acids is 2. The molecule has 0 bridgehead atoms. The molecular formula is C23H20F3N3O2. The minimum Gasteiger partial charge on any atom is -0.362 e. The van der Waals surface area contributed by atoms with Crippen LogP contribution < -0.4 is 10.6 Å². The number of pyridine rings is 1. The van der Waals surface area contributed by atoms with Crippen LogP contribution in [-0.2, 0) is 15.8 Å². The molecule has 2 aromatic rings. The van der Waals surface area contributed by atoms with Gasteiger partial charge in [-0.15, -0.1) is 0 Å². The number of benzene rings is 1. The van der Waals surface area contributed by atoms with Crippen molar-refractivity contribution in [2.24, 2.45) is 0 Å². The molecule has 1 unspecified atom stereocenters. The van der Waals surface area contributed by atoms with Crippen LogP contribution in [0.3, 0.4) is 0 Å². The first kappa shape index (κ1) is 20.8. The highest BCUT2D eigenvalue weighted by atomic mass is 19.4. The third-order valence-electron chi connectivity index (χ3n) is 5.45. The minimum absolute atomic E-state index is 0.0228. The van der Waals surface area contributed by atoms with Crippen LogP contribution in [0.1, 0.15) is 43.4 Å². The number of anilines is 1. The van der Waals surface area contributed by atoms with E-state index < -0.39 is 23.6 Å². The topological polar surface area (TPSA) is 71.1 Å². The van der Waals surface area contributed by atoms with Crippen LogP contribution >= 0.6 is 0 Å². The fourth-order valence-electron chi connectivity index (χ4n) is 4.10. The molecule has 1 aliphatic heterocycles. The fraction of sp³-hybridized carbons (Fsp3) is 0.261. The monoisotopic (exact) mass is 427 g/mol. The van der Waals surface area contributed by atoms with Gasteiger partial charge in [-0.05, 0) is 50.1 Å². The lowest BCUT2D eigenvalue weighted by atomic mass is 9.76. The molecule has 1 atom stereocenters. The maximum atomic E-state index is 13.3. The number of nitrogens with zero attached hydrogens (tertiary/aromatic N) is 1. The summed E-state index contributed by atoms with van der Waals surface area (Å²) in [5.41, 5.74) is 1.81. The molecule has 0 saturated carbocycles. The summed E-state index contributed by atoms with van der Waals surface area (Å²) in [6, 6.07) is 9.71. The molecule has 1 amide bonds. The number of aromatic nitrogens is 1. The van der Waals surface area contributed by atoms with Gasteiger partial charge in [0, 0.05) is 40.8 Å². The van der Waals surface area contributed by atoms with Gasteiger partial charge in [-0.1, -0.05) is 12.1 Å². The Balaban J connectivity index is 1.74. The Kier molecular flexibility index (Phi) is 5.39. The van der Waals surface area contributed by atoms with Crippen LogP contribution in [0.2, 0.25) is 0 Å². The summed E-state index contributed by atoms with van der Waals surface area (Å²) in [4.78, 5) is 30.4. The number of halogens is 3. The van der Waals surface area contributed by atoms with Gasteiger partial charge in [0.25, 0.3) is 5.91 Å². The second kappa shape index (κ2) is 8.02. The maximum absolute atomic E-state index is 13.3. The SMILES string of the molecule is CC1=C(C(=O)Nc2cccc(C(F)(F)F)c2)C(c2ccccn2)C2=C(CCCC2=O)N1. The van der Waals surface area contributed by atoms with Crippen LogP contribution in [0.5, 0.6) is 0 Å². The summed E-state index contributed by atoms with van der Waals surface area (Å²) < 4.78 is 39.2. The number of alkyl halides is 3. The van der Waals surface area contributed by atoms with Crippen molar-refractivity contribution in [3.05, 3.63) is 82.5 Å². The molecule has 0 spiro atoms. The minimum atomic E-state index is -4.52. The number of carbonyl (C=O) groups is 2. The van der Waals surface area contributed by atoms with Crippen molar-refractivity contribution in [2.75, 3.05) is 5.32 Å². The number of ketones is 1. The summed E-state index contributed by atoms with van der Waals surface area (Å²) in [7, 11) is 0. The van der Waals surface area contributed by atoms with E-state index in [1.54, 1.807) is 31.3 Å². The summed E-state index contributed by atoms with van der Waals surface area (Å²) >= 11 is 0. The third kappa shape index (κ3) is 4.10. The molecular weight excluding hydrogens is 407 g/mol. The second-order valence-corrected chi connectivity index (χ2v) is 7.55. The Morgan fingerprint density at radius 2 is 1.97 bits per heavy atom. The van der Waals surface area contributed by atoms with Gasteiger partial charge >= 0.3 is 6.18 Å². The van der Waals surface area contributed by atoms with Gasteiger partial charge in [-0.25, -0.2) is 0 Å². The first-order chi connectivity index (χ1) is 14.8. The van der Waals surface area contributed by atoms with Gasteiger partial charge < -0.3 is 10.6 Å². The van der Waals surface area contributed by atoms with Crippen molar-refractivity contribution >= 4 is 17.4 Å². The highest BCUT2D eigenvalue weighted by molar-refractivity contribution is 6.09. The molecule has 0 radical (unpaired) electrons. The first-order valence-corrected chi connectivity index (χ1v) is 9.89.